The van der Waals surface area contributed by atoms with Crippen molar-refractivity contribution in [2.45, 2.75) is 12.8 Å². The zero-order valence-electron chi connectivity index (χ0n) is 12.7. The molecule has 120 valence electrons. The first kappa shape index (κ1) is 15.7. The molecule has 6 heteroatoms. The molecule has 1 aliphatic heterocycles. The van der Waals surface area contributed by atoms with Gasteiger partial charge in [0, 0.05) is 30.9 Å². The molecule has 0 atom stereocenters. The normalized spacial score (nSPS) is 15.5. The Morgan fingerprint density at radius 3 is 2.96 bits per heavy atom. The Morgan fingerprint density at radius 1 is 1.35 bits per heavy atom. The van der Waals surface area contributed by atoms with E-state index in [2.05, 4.69) is 9.88 Å². The van der Waals surface area contributed by atoms with Gasteiger partial charge in [-0.1, -0.05) is 30.4 Å². The molecule has 0 saturated heterocycles. The largest absolute Gasteiger partial charge is 0.478 e. The van der Waals surface area contributed by atoms with Gasteiger partial charge in [0.2, 0.25) is 0 Å². The van der Waals surface area contributed by atoms with Crippen LogP contribution in [0.4, 0.5) is 5.13 Å². The first-order chi connectivity index (χ1) is 11.1. The zero-order valence-corrected chi connectivity index (χ0v) is 13.6. The van der Waals surface area contributed by atoms with Gasteiger partial charge in [0.25, 0.3) is 0 Å². The number of hydrogen-bond donors (Lipinski definition) is 2. The highest BCUT2D eigenvalue weighted by Gasteiger charge is 2.16. The van der Waals surface area contributed by atoms with Gasteiger partial charge in [-0.25, -0.2) is 9.78 Å². The molecule has 3 N–H and O–H groups in total. The van der Waals surface area contributed by atoms with Gasteiger partial charge in [0.15, 0.2) is 5.13 Å². The molecule has 0 spiro atoms. The van der Waals surface area contributed by atoms with Crippen LogP contribution in [0.2, 0.25) is 0 Å². The molecule has 0 saturated carbocycles. The molecule has 0 bridgehead atoms. The van der Waals surface area contributed by atoms with Gasteiger partial charge in [0.05, 0.1) is 11.3 Å². The number of rotatable bonds is 4. The number of carboxylic acid groups (broad SMARTS) is 1. The minimum Gasteiger partial charge on any atom is -0.478 e. The lowest BCUT2D eigenvalue weighted by molar-refractivity contribution is 0.0696. The highest BCUT2D eigenvalue weighted by molar-refractivity contribution is 7.15. The maximum Gasteiger partial charge on any atom is 0.336 e. The quantitative estimate of drug-likeness (QED) is 0.901. The summed E-state index contributed by atoms with van der Waals surface area (Å²) in [6.07, 6.45) is 5.82. The summed E-state index contributed by atoms with van der Waals surface area (Å²) < 4.78 is 0. The molecule has 5 nitrogen and oxygen atoms in total. The number of nitrogen functional groups attached to an aromatic ring is 1. The van der Waals surface area contributed by atoms with E-state index in [1.807, 2.05) is 24.3 Å². The molecule has 1 aliphatic rings. The van der Waals surface area contributed by atoms with E-state index in [4.69, 9.17) is 5.73 Å². The molecule has 2 heterocycles. The Kier molecular flexibility index (Phi) is 4.73. The topological polar surface area (TPSA) is 79.5 Å². The number of aromatic carboxylic acids is 1. The minimum absolute atomic E-state index is 0.335. The van der Waals surface area contributed by atoms with E-state index in [0.717, 1.165) is 43.7 Å². The summed E-state index contributed by atoms with van der Waals surface area (Å²) >= 11 is 1.59. The minimum atomic E-state index is -0.895. The Morgan fingerprint density at radius 2 is 2.13 bits per heavy atom. The van der Waals surface area contributed by atoms with E-state index in [0.29, 0.717) is 10.7 Å². The third kappa shape index (κ3) is 3.78. The molecule has 2 aromatic rings. The van der Waals surface area contributed by atoms with Crippen LogP contribution in [0.25, 0.3) is 6.08 Å². The number of carbonyl (C=O) groups is 1. The summed E-state index contributed by atoms with van der Waals surface area (Å²) in [5.74, 6) is -0.895. The molecule has 0 amide bonds. The van der Waals surface area contributed by atoms with Gasteiger partial charge >= 0.3 is 5.97 Å². The monoisotopic (exact) mass is 329 g/mol. The second-order valence-corrected chi connectivity index (χ2v) is 6.63. The Balaban J connectivity index is 1.61. The van der Waals surface area contributed by atoms with Crippen LogP contribution >= 0.6 is 11.3 Å². The Hall–Kier alpha value is -2.18. The van der Waals surface area contributed by atoms with Crippen molar-refractivity contribution in [3.63, 3.8) is 0 Å². The standard InChI is InChI=1S/C17H19N3O2S/c18-17-19-14-7-10-20(11-8-15(14)23-17)9-3-5-12-4-1-2-6-13(12)16(21)22/h1-6H,7-11H2,(H2,18,19)(H,21,22)/b5-3+. The number of benzene rings is 1. The average Bonchev–Trinajstić information content (AvgIpc) is 2.79. The molecular formula is C17H19N3O2S. The summed E-state index contributed by atoms with van der Waals surface area (Å²) in [5, 5.41) is 9.85. The first-order valence-electron chi connectivity index (χ1n) is 7.59. The van der Waals surface area contributed by atoms with E-state index in [1.54, 1.807) is 23.5 Å². The lowest BCUT2D eigenvalue weighted by Crippen LogP contribution is -2.26. The number of nitrogens with zero attached hydrogens (tertiary/aromatic N) is 2. The highest BCUT2D eigenvalue weighted by Crippen LogP contribution is 2.24. The van der Waals surface area contributed by atoms with Crippen LogP contribution in [0.15, 0.2) is 30.3 Å². The van der Waals surface area contributed by atoms with Crippen LogP contribution in [-0.4, -0.2) is 40.6 Å². The second kappa shape index (κ2) is 6.93. The summed E-state index contributed by atoms with van der Waals surface area (Å²) in [7, 11) is 0. The van der Waals surface area contributed by atoms with Gasteiger partial charge in [-0.3, -0.25) is 4.90 Å². The lowest BCUT2D eigenvalue weighted by Gasteiger charge is -2.17. The highest BCUT2D eigenvalue weighted by atomic mass is 32.1. The number of nitrogens with two attached hydrogens (primary N) is 1. The van der Waals surface area contributed by atoms with Crippen LogP contribution in [0.5, 0.6) is 0 Å². The van der Waals surface area contributed by atoms with Crippen LogP contribution in [-0.2, 0) is 12.8 Å². The van der Waals surface area contributed by atoms with Crippen LogP contribution < -0.4 is 5.73 Å². The average molecular weight is 329 g/mol. The smallest absolute Gasteiger partial charge is 0.336 e. The number of carboxylic acids is 1. The first-order valence-corrected chi connectivity index (χ1v) is 8.40. The SMILES string of the molecule is Nc1nc2c(s1)CCN(C/C=C/c1ccccc1C(=O)O)CC2. The number of aromatic nitrogens is 1. The van der Waals surface area contributed by atoms with E-state index in [1.165, 1.54) is 4.88 Å². The molecule has 0 aliphatic carbocycles. The van der Waals surface area contributed by atoms with E-state index in [-0.39, 0.29) is 0 Å². The van der Waals surface area contributed by atoms with Crippen LogP contribution in [0, 0.1) is 0 Å². The summed E-state index contributed by atoms with van der Waals surface area (Å²) in [5.41, 5.74) is 7.97. The number of thiazole rings is 1. The Labute approximate surface area is 139 Å². The number of hydrogen-bond acceptors (Lipinski definition) is 5. The molecule has 3 rings (SSSR count). The molecule has 1 aromatic carbocycles. The fraction of sp³-hybridized carbons (Fsp3) is 0.294. The maximum absolute atomic E-state index is 11.2. The summed E-state index contributed by atoms with van der Waals surface area (Å²) in [6.45, 7) is 2.72. The number of anilines is 1. The van der Waals surface area contributed by atoms with Crippen molar-refractivity contribution < 1.29 is 9.90 Å². The fourth-order valence-electron chi connectivity index (χ4n) is 2.78. The molecular weight excluding hydrogens is 310 g/mol. The van der Waals surface area contributed by atoms with Crippen molar-refractivity contribution in [3.05, 3.63) is 52.0 Å². The fourth-order valence-corrected chi connectivity index (χ4v) is 3.65. The number of fused-ring (bicyclic) bond motifs is 1. The van der Waals surface area contributed by atoms with Crippen LogP contribution in [0.1, 0.15) is 26.5 Å². The van der Waals surface area contributed by atoms with Gasteiger partial charge in [-0.2, -0.15) is 0 Å². The lowest BCUT2D eigenvalue weighted by atomic mass is 10.1. The third-order valence-electron chi connectivity index (χ3n) is 3.97. The van der Waals surface area contributed by atoms with Crippen molar-refractivity contribution in [2.75, 3.05) is 25.4 Å². The zero-order chi connectivity index (χ0) is 16.2. The van der Waals surface area contributed by atoms with E-state index >= 15 is 0 Å². The summed E-state index contributed by atoms with van der Waals surface area (Å²) in [6, 6.07) is 7.05. The van der Waals surface area contributed by atoms with E-state index in [9.17, 15) is 9.90 Å². The van der Waals surface area contributed by atoms with Crippen molar-refractivity contribution in [1.82, 2.24) is 9.88 Å². The predicted octanol–water partition coefficient (Wildman–Crippen LogP) is 2.54. The van der Waals surface area contributed by atoms with Gasteiger partial charge in [-0.05, 0) is 18.1 Å². The van der Waals surface area contributed by atoms with Crippen molar-refractivity contribution in [3.8, 4) is 0 Å². The van der Waals surface area contributed by atoms with Gasteiger partial charge < -0.3 is 10.8 Å². The van der Waals surface area contributed by atoms with Crippen molar-refractivity contribution in [1.29, 1.82) is 0 Å². The van der Waals surface area contributed by atoms with Crippen LogP contribution in [0.3, 0.4) is 0 Å². The van der Waals surface area contributed by atoms with Crippen molar-refractivity contribution in [2.24, 2.45) is 0 Å². The molecule has 1 aromatic heterocycles. The predicted molar refractivity (Wildman–Crippen MR) is 92.8 cm³/mol. The molecule has 0 fully saturated rings. The molecule has 23 heavy (non-hydrogen) atoms. The van der Waals surface area contributed by atoms with Gasteiger partial charge in [-0.15, -0.1) is 11.3 Å². The van der Waals surface area contributed by atoms with Crippen molar-refractivity contribution >= 4 is 28.5 Å². The Bertz CT molecular complexity index is 714. The maximum atomic E-state index is 11.2. The second-order valence-electron chi connectivity index (χ2n) is 5.52. The molecule has 0 radical (unpaired) electrons. The third-order valence-corrected chi connectivity index (χ3v) is 4.95. The molecule has 0 unspecified atom stereocenters. The van der Waals surface area contributed by atoms with Gasteiger partial charge in [0.1, 0.15) is 0 Å². The summed E-state index contributed by atoms with van der Waals surface area (Å²) in [4.78, 5) is 19.2. The van der Waals surface area contributed by atoms with E-state index < -0.39 is 5.97 Å².